The lowest BCUT2D eigenvalue weighted by molar-refractivity contribution is -0.148. The third kappa shape index (κ3) is 6.06. The molecule has 1 amide bonds. The second kappa shape index (κ2) is 11.7. The number of hydrogen-bond donors (Lipinski definition) is 1. The number of hydrogen-bond acceptors (Lipinski definition) is 4. The Balaban J connectivity index is 2.49. The highest BCUT2D eigenvalue weighted by atomic mass is 31.1. The smallest absolute Gasteiger partial charge is 0.416 e. The topological polar surface area (TPSA) is 81.4 Å². The second-order valence-electron chi connectivity index (χ2n) is 9.37. The first-order valence-corrected chi connectivity index (χ1v) is 13.3. The van der Waals surface area contributed by atoms with Gasteiger partial charge in [-0.1, -0.05) is 6.92 Å². The zero-order chi connectivity index (χ0) is 31.8. The first-order valence-electron chi connectivity index (χ1n) is 12.3. The lowest BCUT2D eigenvalue weighted by Gasteiger charge is -2.44. The maximum atomic E-state index is 13.8. The van der Waals surface area contributed by atoms with E-state index in [-0.39, 0.29) is 36.8 Å². The van der Waals surface area contributed by atoms with E-state index < -0.39 is 78.3 Å². The van der Waals surface area contributed by atoms with Crippen LogP contribution in [-0.4, -0.2) is 31.8 Å². The van der Waals surface area contributed by atoms with E-state index in [9.17, 15) is 49.1 Å². The molecule has 0 spiro atoms. The minimum absolute atomic E-state index is 0.108. The van der Waals surface area contributed by atoms with Crippen molar-refractivity contribution in [2.75, 3.05) is 18.6 Å². The summed E-state index contributed by atoms with van der Waals surface area (Å²) in [6.07, 6.45) is -16.8. The highest BCUT2D eigenvalue weighted by Crippen LogP contribution is 2.56. The van der Waals surface area contributed by atoms with E-state index >= 15 is 0 Å². The summed E-state index contributed by atoms with van der Waals surface area (Å²) in [6.45, 7) is 2.97. The van der Waals surface area contributed by atoms with E-state index in [1.54, 1.807) is 6.92 Å². The standard InChI is InChI=1S/C26H24F9N2O4P/c1-4-17-12-19(18-11-13(24(27,28)29)6-7-20(18)37(17)22(39)41-5-2)23(42-36,21(38)40-3)14-8-15(25(30,31)32)10-16(9-14)26(33,34)35/h6-11,17,19,36H,4-5,12H2,1-3H3/p+1/t17-,19-,23?/m1/s1. The maximum Gasteiger partial charge on any atom is 0.416 e. The molecule has 3 rings (SSSR count). The Hall–Kier alpha value is -3.35. The van der Waals surface area contributed by atoms with Crippen LogP contribution in [0.15, 0.2) is 36.4 Å². The van der Waals surface area contributed by atoms with Crippen molar-refractivity contribution in [2.45, 2.75) is 62.3 Å². The molecule has 1 heterocycles. The number of alkyl halides is 9. The van der Waals surface area contributed by atoms with Crippen molar-refractivity contribution in [2.24, 2.45) is 0 Å². The van der Waals surface area contributed by atoms with Gasteiger partial charge in [0.15, 0.2) is 0 Å². The normalized spacial score (nSPS) is 19.2. The number of halogens is 9. The predicted octanol–water partition coefficient (Wildman–Crippen LogP) is 6.93. The van der Waals surface area contributed by atoms with Crippen LogP contribution in [0.3, 0.4) is 0 Å². The van der Waals surface area contributed by atoms with Crippen LogP contribution >= 0.6 is 8.37 Å². The molecule has 1 aliphatic heterocycles. The Morgan fingerprint density at radius 1 is 0.881 bits per heavy atom. The molecule has 0 saturated heterocycles. The molecule has 0 aliphatic carbocycles. The van der Waals surface area contributed by atoms with E-state index in [2.05, 4.69) is 0 Å². The summed E-state index contributed by atoms with van der Waals surface area (Å²) in [5, 5.41) is 3.39. The number of anilines is 1. The summed E-state index contributed by atoms with van der Waals surface area (Å²) in [6, 6.07) is 1.75. The lowest BCUT2D eigenvalue weighted by atomic mass is 9.72. The van der Waals surface area contributed by atoms with Crippen LogP contribution in [0.4, 0.5) is 50.0 Å². The number of carbonyl (C=O) groups is 2. The summed E-state index contributed by atoms with van der Waals surface area (Å²) >= 11 is 0. The Labute approximate surface area is 235 Å². The highest BCUT2D eigenvalue weighted by molar-refractivity contribution is 7.26. The van der Waals surface area contributed by atoms with Gasteiger partial charge in [-0.3, -0.25) is 9.69 Å². The minimum Gasteiger partial charge on any atom is -0.468 e. The first-order chi connectivity index (χ1) is 19.4. The average molecular weight is 631 g/mol. The van der Waals surface area contributed by atoms with Crippen molar-refractivity contribution in [1.82, 2.24) is 0 Å². The number of rotatable bonds is 6. The van der Waals surface area contributed by atoms with Gasteiger partial charge in [0.05, 0.1) is 36.1 Å². The van der Waals surface area contributed by atoms with E-state index in [1.807, 2.05) is 0 Å². The third-order valence-corrected chi connectivity index (χ3v) is 8.19. The molecule has 2 aromatic rings. The summed E-state index contributed by atoms with van der Waals surface area (Å²) in [5.74, 6) is -2.96. The van der Waals surface area contributed by atoms with Crippen molar-refractivity contribution >= 4 is 26.1 Å². The summed E-state index contributed by atoms with van der Waals surface area (Å²) in [7, 11) is 0.196. The van der Waals surface area contributed by atoms with E-state index in [4.69, 9.17) is 14.6 Å². The number of benzene rings is 2. The van der Waals surface area contributed by atoms with E-state index in [0.29, 0.717) is 24.3 Å². The molecule has 42 heavy (non-hydrogen) atoms. The molecule has 0 saturated carbocycles. The Kier molecular flexibility index (Phi) is 9.26. The molecule has 1 unspecified atom stereocenters. The average Bonchev–Trinajstić information content (AvgIpc) is 2.91. The van der Waals surface area contributed by atoms with Gasteiger partial charge in [0.1, 0.15) is 0 Å². The number of amides is 1. The number of nitrogens with two attached hydrogens (primary N) is 1. The zero-order valence-electron chi connectivity index (χ0n) is 22.2. The fourth-order valence-corrected chi connectivity index (χ4v) is 6.02. The number of ether oxygens (including phenoxy) is 2. The molecule has 6 nitrogen and oxygen atoms in total. The number of nitrogens with zero attached hydrogens (tertiary/aromatic N) is 1. The summed E-state index contributed by atoms with van der Waals surface area (Å²) in [4.78, 5) is 27.5. The monoisotopic (exact) mass is 631 g/mol. The van der Waals surface area contributed by atoms with Crippen molar-refractivity contribution < 1.29 is 63.7 Å². The summed E-state index contributed by atoms with van der Waals surface area (Å²) < 4.78 is 134. The molecular formula is C26H25F9N2O4P+. The number of fused-ring (bicyclic) bond motifs is 1. The number of esters is 1. The van der Waals surface area contributed by atoms with Gasteiger partial charge in [-0.05, 0) is 67.3 Å². The second-order valence-corrected chi connectivity index (χ2v) is 10.3. The fourth-order valence-electron chi connectivity index (χ4n) is 5.12. The molecule has 0 radical (unpaired) electrons. The van der Waals surface area contributed by atoms with E-state index in [1.165, 1.54) is 6.92 Å². The van der Waals surface area contributed by atoms with Gasteiger partial charge in [-0.15, -0.1) is 0 Å². The van der Waals surface area contributed by atoms with Crippen LogP contribution in [-0.2, 0) is 38.0 Å². The van der Waals surface area contributed by atoms with Crippen LogP contribution in [0.2, 0.25) is 0 Å². The Morgan fingerprint density at radius 2 is 1.40 bits per heavy atom. The van der Waals surface area contributed by atoms with Crippen LogP contribution in [0, 0.1) is 0 Å². The van der Waals surface area contributed by atoms with Crippen LogP contribution in [0.1, 0.15) is 60.4 Å². The minimum atomic E-state index is -5.30. The highest BCUT2D eigenvalue weighted by Gasteiger charge is 2.57. The molecule has 0 aromatic heterocycles. The first kappa shape index (κ1) is 33.2. The van der Waals surface area contributed by atoms with Crippen molar-refractivity contribution in [3.63, 3.8) is 0 Å². The van der Waals surface area contributed by atoms with Crippen LogP contribution in [0.25, 0.3) is 0 Å². The summed E-state index contributed by atoms with van der Waals surface area (Å²) in [5.41, 5.74) is -6.17. The fraction of sp³-hybridized carbons (Fsp3) is 0.462. The molecule has 3 atom stereocenters. The van der Waals surface area contributed by atoms with Crippen molar-refractivity contribution in [1.29, 1.82) is 0 Å². The molecular weight excluding hydrogens is 606 g/mol. The van der Waals surface area contributed by atoms with Gasteiger partial charge in [0, 0.05) is 12.0 Å². The van der Waals surface area contributed by atoms with Gasteiger partial charge < -0.3 is 9.47 Å². The molecule has 2 N–H and O–H groups in total. The number of methoxy groups -OCH3 is 1. The predicted molar refractivity (Wildman–Crippen MR) is 131 cm³/mol. The van der Waals surface area contributed by atoms with Gasteiger partial charge >= 0.3 is 30.6 Å². The Bertz CT molecular complexity index is 1330. The maximum absolute atomic E-state index is 13.8. The van der Waals surface area contributed by atoms with Crippen LogP contribution in [0.5, 0.6) is 0 Å². The van der Waals surface area contributed by atoms with Gasteiger partial charge in [-0.25, -0.2) is 9.96 Å². The molecule has 2 aromatic carbocycles. The molecule has 1 aliphatic rings. The van der Waals surface area contributed by atoms with Gasteiger partial charge in [0.2, 0.25) is 13.5 Å². The zero-order valence-corrected chi connectivity index (χ0v) is 23.1. The van der Waals surface area contributed by atoms with Crippen molar-refractivity contribution in [3.8, 4) is 0 Å². The molecule has 16 heteroatoms. The third-order valence-electron chi connectivity index (χ3n) is 7.03. The van der Waals surface area contributed by atoms with E-state index in [0.717, 1.165) is 18.1 Å². The van der Waals surface area contributed by atoms with Gasteiger partial charge in [-0.2, -0.15) is 39.5 Å². The van der Waals surface area contributed by atoms with Crippen LogP contribution < -0.4 is 10.1 Å². The molecule has 230 valence electrons. The molecule has 0 bridgehead atoms. The number of carbonyl (C=O) groups excluding carboxylic acids is 2. The Morgan fingerprint density at radius 3 is 1.83 bits per heavy atom. The quantitative estimate of drug-likeness (QED) is 0.213. The molecule has 0 fully saturated rings. The lowest BCUT2D eigenvalue weighted by Crippen LogP contribution is -2.51. The van der Waals surface area contributed by atoms with Crippen molar-refractivity contribution in [3.05, 3.63) is 64.2 Å². The largest absolute Gasteiger partial charge is 0.468 e. The van der Waals surface area contributed by atoms with Gasteiger partial charge in [0.25, 0.3) is 0 Å². The SMILES string of the molecule is CCOC(=O)N1c2ccc(C(F)(F)F)cc2[C@H](C(P=[NH2+])(C(=O)OC)c2cc(C(F)(F)F)cc(C(F)(F)F)c2)C[C@H]1CC.